The highest BCUT2D eigenvalue weighted by atomic mass is 32.1. The molecule has 0 aliphatic heterocycles. The number of rotatable bonds is 3. The maximum absolute atomic E-state index is 11.8. The lowest BCUT2D eigenvalue weighted by Crippen LogP contribution is -2.23. The number of nitrogens with zero attached hydrogens (tertiary/aromatic N) is 1. The number of thiol groups is 1. The highest BCUT2D eigenvalue weighted by molar-refractivity contribution is 7.80. The molecule has 2 aromatic rings. The minimum absolute atomic E-state index is 0.0623. The van der Waals surface area contributed by atoms with Crippen LogP contribution in [0.25, 0.3) is 10.9 Å². The van der Waals surface area contributed by atoms with Gasteiger partial charge in [0.1, 0.15) is 0 Å². The monoisotopic (exact) mass is 233 g/mol. The van der Waals surface area contributed by atoms with Crippen molar-refractivity contribution in [1.29, 1.82) is 0 Å². The maximum atomic E-state index is 11.8. The minimum atomic E-state index is 0.0623. The van der Waals surface area contributed by atoms with Gasteiger partial charge in [-0.05, 0) is 29.2 Å². The van der Waals surface area contributed by atoms with Gasteiger partial charge < -0.3 is 4.57 Å². The van der Waals surface area contributed by atoms with Crippen molar-refractivity contribution >= 4 is 23.5 Å². The molecule has 0 saturated carbocycles. The third-order valence-electron chi connectivity index (χ3n) is 2.70. The van der Waals surface area contributed by atoms with E-state index in [4.69, 9.17) is 0 Å². The van der Waals surface area contributed by atoms with E-state index < -0.39 is 0 Å². The molecule has 0 amide bonds. The zero-order valence-corrected chi connectivity index (χ0v) is 10.2. The first kappa shape index (κ1) is 11.3. The first-order chi connectivity index (χ1) is 7.72. The summed E-state index contributed by atoms with van der Waals surface area (Å²) in [6.07, 6.45) is 0. The molecule has 1 aromatic heterocycles. The van der Waals surface area contributed by atoms with E-state index in [9.17, 15) is 4.79 Å². The van der Waals surface area contributed by atoms with Gasteiger partial charge >= 0.3 is 0 Å². The van der Waals surface area contributed by atoms with Gasteiger partial charge in [-0.1, -0.05) is 25.1 Å². The third kappa shape index (κ3) is 2.14. The highest BCUT2D eigenvalue weighted by Gasteiger charge is 2.06. The van der Waals surface area contributed by atoms with Gasteiger partial charge in [0.2, 0.25) is 0 Å². The van der Waals surface area contributed by atoms with Gasteiger partial charge in [-0.2, -0.15) is 12.6 Å². The third-order valence-corrected chi connectivity index (χ3v) is 3.33. The van der Waals surface area contributed by atoms with Crippen molar-refractivity contribution in [2.45, 2.75) is 13.5 Å². The molecule has 0 N–H and O–H groups in total. The second kappa shape index (κ2) is 4.74. The van der Waals surface area contributed by atoms with Crippen LogP contribution < -0.4 is 5.56 Å². The van der Waals surface area contributed by atoms with Crippen LogP contribution >= 0.6 is 12.6 Å². The van der Waals surface area contributed by atoms with E-state index in [1.165, 1.54) is 0 Å². The normalized spacial score (nSPS) is 12.9. The molecule has 0 bridgehead atoms. The molecule has 16 heavy (non-hydrogen) atoms. The molecule has 2 rings (SSSR count). The second-order valence-electron chi connectivity index (χ2n) is 4.13. The van der Waals surface area contributed by atoms with Crippen LogP contribution in [0.1, 0.15) is 6.92 Å². The van der Waals surface area contributed by atoms with Crippen LogP contribution in [0.15, 0.2) is 41.2 Å². The highest BCUT2D eigenvalue weighted by Crippen LogP contribution is 2.12. The summed E-state index contributed by atoms with van der Waals surface area (Å²) < 4.78 is 1.83. The summed E-state index contributed by atoms with van der Waals surface area (Å²) in [5.74, 6) is 1.18. The number of hydrogen-bond donors (Lipinski definition) is 1. The number of para-hydroxylation sites is 1. The molecule has 1 atom stereocenters. The van der Waals surface area contributed by atoms with Crippen molar-refractivity contribution < 1.29 is 0 Å². The van der Waals surface area contributed by atoms with Crippen LogP contribution in [0.2, 0.25) is 0 Å². The molecule has 3 heteroatoms. The Bertz CT molecular complexity index is 547. The molecule has 84 valence electrons. The molecular weight excluding hydrogens is 218 g/mol. The number of fused-ring (bicyclic) bond motifs is 1. The fourth-order valence-corrected chi connectivity index (χ4v) is 1.92. The molecule has 0 saturated heterocycles. The van der Waals surface area contributed by atoms with E-state index in [2.05, 4.69) is 19.6 Å². The van der Waals surface area contributed by atoms with Gasteiger partial charge in [0, 0.05) is 12.6 Å². The van der Waals surface area contributed by atoms with Crippen LogP contribution in [-0.2, 0) is 6.54 Å². The standard InChI is InChI=1S/C13H15NOS/c1-10(9-16)8-14-12-5-3-2-4-11(12)6-7-13(14)15/h2-7,10,16H,8-9H2,1H3. The Kier molecular flexibility index (Phi) is 3.34. The van der Waals surface area contributed by atoms with Crippen molar-refractivity contribution in [3.63, 3.8) is 0 Å². The lowest BCUT2D eigenvalue weighted by Gasteiger charge is -2.13. The van der Waals surface area contributed by atoms with Crippen LogP contribution in [0.3, 0.4) is 0 Å². The number of benzene rings is 1. The van der Waals surface area contributed by atoms with Gasteiger partial charge in [0.25, 0.3) is 5.56 Å². The van der Waals surface area contributed by atoms with Gasteiger partial charge in [-0.3, -0.25) is 4.79 Å². The molecule has 0 aliphatic carbocycles. The Morgan fingerprint density at radius 1 is 1.25 bits per heavy atom. The summed E-state index contributed by atoms with van der Waals surface area (Å²) >= 11 is 4.26. The Hall–Kier alpha value is -1.22. The SMILES string of the molecule is CC(CS)Cn1c(=O)ccc2ccccc21. The first-order valence-electron chi connectivity index (χ1n) is 5.42. The van der Waals surface area contributed by atoms with Crippen LogP contribution in [0, 0.1) is 5.92 Å². The van der Waals surface area contributed by atoms with E-state index in [0.717, 1.165) is 23.2 Å². The Balaban J connectivity index is 2.57. The Morgan fingerprint density at radius 3 is 2.75 bits per heavy atom. The minimum Gasteiger partial charge on any atom is -0.308 e. The average molecular weight is 233 g/mol. The predicted octanol–water partition coefficient (Wildman–Crippen LogP) is 2.57. The molecule has 1 aromatic carbocycles. The molecule has 0 aliphatic rings. The molecule has 0 fully saturated rings. The molecule has 1 unspecified atom stereocenters. The van der Waals surface area contributed by atoms with Crippen molar-refractivity contribution in [3.8, 4) is 0 Å². The quantitative estimate of drug-likeness (QED) is 0.809. The first-order valence-corrected chi connectivity index (χ1v) is 6.05. The van der Waals surface area contributed by atoms with Crippen molar-refractivity contribution in [2.75, 3.05) is 5.75 Å². The number of pyridine rings is 1. The molecular formula is C13H15NOS. The van der Waals surface area contributed by atoms with Gasteiger partial charge in [0.05, 0.1) is 5.52 Å². The van der Waals surface area contributed by atoms with E-state index >= 15 is 0 Å². The largest absolute Gasteiger partial charge is 0.308 e. The lowest BCUT2D eigenvalue weighted by molar-refractivity contribution is 0.532. The maximum Gasteiger partial charge on any atom is 0.251 e. The lowest BCUT2D eigenvalue weighted by atomic mass is 10.1. The van der Waals surface area contributed by atoms with Crippen LogP contribution in [0.5, 0.6) is 0 Å². The molecule has 1 heterocycles. The predicted molar refractivity (Wildman–Crippen MR) is 71.2 cm³/mol. The molecule has 0 radical (unpaired) electrons. The summed E-state index contributed by atoms with van der Waals surface area (Å²) in [5, 5.41) is 1.11. The van der Waals surface area contributed by atoms with Gasteiger partial charge in [-0.25, -0.2) is 0 Å². The topological polar surface area (TPSA) is 22.0 Å². The summed E-state index contributed by atoms with van der Waals surface area (Å²) in [5.41, 5.74) is 1.07. The Morgan fingerprint density at radius 2 is 2.00 bits per heavy atom. The number of hydrogen-bond acceptors (Lipinski definition) is 2. The van der Waals surface area contributed by atoms with Crippen LogP contribution in [-0.4, -0.2) is 10.3 Å². The van der Waals surface area contributed by atoms with E-state index in [1.54, 1.807) is 6.07 Å². The fourth-order valence-electron chi connectivity index (χ4n) is 1.80. The average Bonchev–Trinajstić information content (AvgIpc) is 2.32. The van der Waals surface area contributed by atoms with E-state index in [-0.39, 0.29) is 5.56 Å². The van der Waals surface area contributed by atoms with Gasteiger partial charge in [-0.15, -0.1) is 0 Å². The molecule has 2 nitrogen and oxygen atoms in total. The summed E-state index contributed by atoms with van der Waals surface area (Å²) in [6.45, 7) is 2.82. The van der Waals surface area contributed by atoms with Crippen molar-refractivity contribution in [1.82, 2.24) is 4.57 Å². The Labute approximate surface area is 100 Å². The second-order valence-corrected chi connectivity index (χ2v) is 4.49. The number of aromatic nitrogens is 1. The zero-order chi connectivity index (χ0) is 11.5. The van der Waals surface area contributed by atoms with Gasteiger partial charge in [0.15, 0.2) is 0 Å². The van der Waals surface area contributed by atoms with Crippen LogP contribution in [0.4, 0.5) is 0 Å². The van der Waals surface area contributed by atoms with E-state index in [0.29, 0.717) is 5.92 Å². The van der Waals surface area contributed by atoms with E-state index in [1.807, 2.05) is 34.9 Å². The summed E-state index contributed by atoms with van der Waals surface area (Å²) in [4.78, 5) is 11.8. The van der Waals surface area contributed by atoms with Crippen molar-refractivity contribution in [3.05, 3.63) is 46.8 Å². The summed E-state index contributed by atoms with van der Waals surface area (Å²) in [7, 11) is 0. The fraction of sp³-hybridized carbons (Fsp3) is 0.308. The zero-order valence-electron chi connectivity index (χ0n) is 9.26. The van der Waals surface area contributed by atoms with Crippen molar-refractivity contribution in [2.24, 2.45) is 5.92 Å². The molecule has 0 spiro atoms. The summed E-state index contributed by atoms with van der Waals surface area (Å²) in [6, 6.07) is 11.5. The smallest absolute Gasteiger partial charge is 0.251 e.